The van der Waals surface area contributed by atoms with Gasteiger partial charge in [0.2, 0.25) is 0 Å². The molecule has 1 unspecified atom stereocenters. The van der Waals surface area contributed by atoms with Gasteiger partial charge < -0.3 is 4.90 Å². The number of carbonyl (C=O) groups excluding carboxylic acids is 1. The summed E-state index contributed by atoms with van der Waals surface area (Å²) in [6, 6.07) is 5.79. The lowest BCUT2D eigenvalue weighted by molar-refractivity contribution is 0.0670. The fraction of sp³-hybridized carbons (Fsp3) is 0.533. The number of rotatable bonds is 2. The maximum absolute atomic E-state index is 12.5. The third-order valence-corrected chi connectivity index (χ3v) is 4.11. The van der Waals surface area contributed by atoms with Crippen LogP contribution in [0.5, 0.6) is 0 Å². The molecule has 1 heterocycles. The minimum atomic E-state index is 0.168. The topological polar surface area (TPSA) is 20.3 Å². The second-order valence-electron chi connectivity index (χ2n) is 5.17. The first-order valence-corrected chi connectivity index (χ1v) is 7.15. The Bertz CT molecular complexity index is 444. The number of benzene rings is 1. The summed E-state index contributed by atoms with van der Waals surface area (Å²) in [6.07, 6.45) is 3.55. The van der Waals surface area contributed by atoms with Crippen LogP contribution in [0.15, 0.2) is 23.1 Å². The molecule has 0 radical (unpaired) electrons. The first kappa shape index (κ1) is 13.5. The number of thiol groups is 1. The minimum Gasteiger partial charge on any atom is -0.338 e. The van der Waals surface area contributed by atoms with Crippen LogP contribution in [0.4, 0.5) is 0 Å². The molecule has 2 rings (SSSR count). The summed E-state index contributed by atoms with van der Waals surface area (Å²) in [7, 11) is 0. The van der Waals surface area contributed by atoms with Gasteiger partial charge in [-0.2, -0.15) is 0 Å². The molecule has 0 spiro atoms. The van der Waals surface area contributed by atoms with Gasteiger partial charge >= 0.3 is 0 Å². The van der Waals surface area contributed by atoms with Crippen molar-refractivity contribution >= 4 is 18.5 Å². The lowest BCUT2D eigenvalue weighted by Crippen LogP contribution is -2.40. The van der Waals surface area contributed by atoms with Crippen LogP contribution in [0, 0.1) is 12.8 Å². The van der Waals surface area contributed by atoms with E-state index < -0.39 is 0 Å². The third-order valence-electron chi connectivity index (χ3n) is 3.84. The molecule has 1 aliphatic rings. The van der Waals surface area contributed by atoms with E-state index in [9.17, 15) is 4.79 Å². The molecule has 1 saturated heterocycles. The number of carbonyl (C=O) groups is 1. The molecule has 1 amide bonds. The van der Waals surface area contributed by atoms with Crippen molar-refractivity contribution in [2.45, 2.75) is 38.0 Å². The average Bonchev–Trinajstić information content (AvgIpc) is 2.41. The standard InChI is InChI=1S/C15H21NOS/c1-3-12-5-4-8-16(10-12)15(17)14-9-13(18)7-6-11(14)2/h6-7,9,12,18H,3-5,8,10H2,1-2H3. The third kappa shape index (κ3) is 2.89. The first-order valence-electron chi connectivity index (χ1n) is 6.70. The molecule has 0 N–H and O–H groups in total. The maximum atomic E-state index is 12.5. The van der Waals surface area contributed by atoms with Gasteiger partial charge in [0.1, 0.15) is 0 Å². The van der Waals surface area contributed by atoms with Gasteiger partial charge in [-0.1, -0.05) is 19.4 Å². The Labute approximate surface area is 115 Å². The highest BCUT2D eigenvalue weighted by Gasteiger charge is 2.24. The van der Waals surface area contributed by atoms with Crippen LogP contribution in [0.2, 0.25) is 0 Å². The van der Waals surface area contributed by atoms with Crippen LogP contribution >= 0.6 is 12.6 Å². The Morgan fingerprint density at radius 3 is 3.00 bits per heavy atom. The monoisotopic (exact) mass is 263 g/mol. The molecule has 1 aromatic rings. The maximum Gasteiger partial charge on any atom is 0.254 e. The smallest absolute Gasteiger partial charge is 0.254 e. The number of hydrogen-bond acceptors (Lipinski definition) is 2. The Kier molecular flexibility index (Phi) is 4.33. The number of aryl methyl sites for hydroxylation is 1. The number of likely N-dealkylation sites (tertiary alicyclic amines) is 1. The van der Waals surface area contributed by atoms with E-state index in [-0.39, 0.29) is 5.91 Å². The number of nitrogens with zero attached hydrogens (tertiary/aromatic N) is 1. The SMILES string of the molecule is CCC1CCCN(C(=O)c2cc(S)ccc2C)C1. The van der Waals surface area contributed by atoms with Gasteiger partial charge in [-0.25, -0.2) is 0 Å². The van der Waals surface area contributed by atoms with E-state index >= 15 is 0 Å². The number of hydrogen-bond donors (Lipinski definition) is 1. The summed E-state index contributed by atoms with van der Waals surface area (Å²) in [5.41, 5.74) is 1.84. The van der Waals surface area contributed by atoms with Crippen LogP contribution in [-0.4, -0.2) is 23.9 Å². The zero-order valence-corrected chi connectivity index (χ0v) is 12.0. The van der Waals surface area contributed by atoms with E-state index in [2.05, 4.69) is 19.6 Å². The lowest BCUT2D eigenvalue weighted by Gasteiger charge is -2.32. The molecule has 1 atom stereocenters. The number of amides is 1. The Morgan fingerprint density at radius 2 is 2.28 bits per heavy atom. The normalized spacial score (nSPS) is 19.9. The van der Waals surface area contributed by atoms with Crippen LogP contribution < -0.4 is 0 Å². The van der Waals surface area contributed by atoms with E-state index in [4.69, 9.17) is 0 Å². The van der Waals surface area contributed by atoms with Crippen molar-refractivity contribution in [3.05, 3.63) is 29.3 Å². The molecule has 3 heteroatoms. The van der Waals surface area contributed by atoms with Gasteiger partial charge in [-0.3, -0.25) is 4.79 Å². The fourth-order valence-electron chi connectivity index (χ4n) is 2.59. The fourth-order valence-corrected chi connectivity index (χ4v) is 2.80. The highest BCUT2D eigenvalue weighted by atomic mass is 32.1. The summed E-state index contributed by atoms with van der Waals surface area (Å²) in [6.45, 7) is 6.00. The van der Waals surface area contributed by atoms with Crippen molar-refractivity contribution in [2.75, 3.05) is 13.1 Å². The first-order chi connectivity index (χ1) is 8.61. The predicted molar refractivity (Wildman–Crippen MR) is 77.3 cm³/mol. The van der Waals surface area contributed by atoms with Gasteiger partial charge in [0, 0.05) is 23.5 Å². The highest BCUT2D eigenvalue weighted by molar-refractivity contribution is 7.80. The van der Waals surface area contributed by atoms with Crippen molar-refractivity contribution in [2.24, 2.45) is 5.92 Å². The number of piperidine rings is 1. The van der Waals surface area contributed by atoms with Gasteiger partial charge in [0.05, 0.1) is 0 Å². The Balaban J connectivity index is 2.17. The van der Waals surface area contributed by atoms with Crippen LogP contribution in [0.3, 0.4) is 0 Å². The lowest BCUT2D eigenvalue weighted by atomic mass is 9.95. The molecule has 0 aromatic heterocycles. The zero-order chi connectivity index (χ0) is 13.1. The summed E-state index contributed by atoms with van der Waals surface area (Å²) < 4.78 is 0. The molecule has 0 aliphatic carbocycles. The molecule has 2 nitrogen and oxygen atoms in total. The molecule has 0 bridgehead atoms. The summed E-state index contributed by atoms with van der Waals surface area (Å²) >= 11 is 4.33. The van der Waals surface area contributed by atoms with E-state index in [1.165, 1.54) is 6.42 Å². The zero-order valence-electron chi connectivity index (χ0n) is 11.1. The van der Waals surface area contributed by atoms with Crippen molar-refractivity contribution < 1.29 is 4.79 Å². The molecule has 18 heavy (non-hydrogen) atoms. The summed E-state index contributed by atoms with van der Waals surface area (Å²) in [4.78, 5) is 15.4. The van der Waals surface area contributed by atoms with Crippen LogP contribution in [-0.2, 0) is 0 Å². The second kappa shape index (κ2) is 5.79. The van der Waals surface area contributed by atoms with E-state index in [1.807, 2.05) is 30.0 Å². The van der Waals surface area contributed by atoms with Crippen LogP contribution in [0.25, 0.3) is 0 Å². The van der Waals surface area contributed by atoms with E-state index in [0.717, 1.165) is 42.0 Å². The van der Waals surface area contributed by atoms with Crippen molar-refractivity contribution in [1.29, 1.82) is 0 Å². The van der Waals surface area contributed by atoms with Crippen molar-refractivity contribution in [3.63, 3.8) is 0 Å². The quantitative estimate of drug-likeness (QED) is 0.809. The molecule has 1 aliphatic heterocycles. The van der Waals surface area contributed by atoms with Gasteiger partial charge in [0.15, 0.2) is 0 Å². The Hall–Kier alpha value is -0.960. The molecule has 0 saturated carbocycles. The van der Waals surface area contributed by atoms with Crippen molar-refractivity contribution in [3.8, 4) is 0 Å². The van der Waals surface area contributed by atoms with Gasteiger partial charge in [0.25, 0.3) is 5.91 Å². The van der Waals surface area contributed by atoms with Gasteiger partial charge in [-0.05, 0) is 43.4 Å². The van der Waals surface area contributed by atoms with E-state index in [1.54, 1.807) is 0 Å². The highest BCUT2D eigenvalue weighted by Crippen LogP contribution is 2.22. The molecule has 1 aromatic carbocycles. The summed E-state index contributed by atoms with van der Waals surface area (Å²) in [5.74, 6) is 0.837. The largest absolute Gasteiger partial charge is 0.338 e. The van der Waals surface area contributed by atoms with E-state index in [0.29, 0.717) is 5.92 Å². The van der Waals surface area contributed by atoms with Gasteiger partial charge in [-0.15, -0.1) is 12.6 Å². The molecule has 1 fully saturated rings. The van der Waals surface area contributed by atoms with Crippen molar-refractivity contribution in [1.82, 2.24) is 4.90 Å². The predicted octanol–water partition coefficient (Wildman–Crippen LogP) is 3.55. The Morgan fingerprint density at radius 1 is 1.50 bits per heavy atom. The minimum absolute atomic E-state index is 0.168. The molecular formula is C15H21NOS. The summed E-state index contributed by atoms with van der Waals surface area (Å²) in [5, 5.41) is 0. The molecule has 98 valence electrons. The molecular weight excluding hydrogens is 242 g/mol. The average molecular weight is 263 g/mol. The van der Waals surface area contributed by atoms with Crippen LogP contribution in [0.1, 0.15) is 42.1 Å². The second-order valence-corrected chi connectivity index (χ2v) is 5.68.